The predicted molar refractivity (Wildman–Crippen MR) is 66.2 cm³/mol. The summed E-state index contributed by atoms with van der Waals surface area (Å²) >= 11 is 9.22. The van der Waals surface area contributed by atoms with Crippen LogP contribution in [0.5, 0.6) is 0 Å². The van der Waals surface area contributed by atoms with E-state index in [2.05, 4.69) is 26.2 Å². The fourth-order valence-electron chi connectivity index (χ4n) is 1.45. The van der Waals surface area contributed by atoms with Crippen LogP contribution in [-0.4, -0.2) is 18.1 Å². The molecule has 0 saturated heterocycles. The van der Waals surface area contributed by atoms with Crippen LogP contribution in [0.15, 0.2) is 16.7 Å². The number of nitrogens with zero attached hydrogens (tertiary/aromatic N) is 1. The van der Waals surface area contributed by atoms with Crippen LogP contribution in [-0.2, 0) is 0 Å². The maximum Gasteiger partial charge on any atom is 0.140 e. The molecular weight excluding hydrogens is 277 g/mol. The van der Waals surface area contributed by atoms with E-state index in [1.54, 1.807) is 6.20 Å². The predicted octanol–water partition coefficient (Wildman–Crippen LogP) is 2.65. The maximum absolute atomic E-state index is 5.81. The fourth-order valence-corrected chi connectivity index (χ4v) is 2.22. The first-order valence-corrected chi connectivity index (χ1v) is 6.07. The Labute approximate surface area is 103 Å². The quantitative estimate of drug-likeness (QED) is 0.896. The zero-order valence-electron chi connectivity index (χ0n) is 8.26. The number of anilines is 1. The van der Waals surface area contributed by atoms with Gasteiger partial charge in [-0.1, -0.05) is 11.6 Å². The average Bonchev–Trinajstić information content (AvgIpc) is 2.97. The lowest BCUT2D eigenvalue weighted by molar-refractivity contribution is 0.555. The van der Waals surface area contributed by atoms with Gasteiger partial charge in [-0.3, -0.25) is 0 Å². The highest BCUT2D eigenvalue weighted by Gasteiger charge is 2.40. The normalized spacial score (nSPS) is 17.5. The number of halogens is 2. The standard InChI is InChI=1S/C10H13BrClN3/c11-8-3-7(12)4-14-9(8)15-6-10(5-13)1-2-10/h3-4H,1-2,5-6,13H2,(H,14,15). The van der Waals surface area contributed by atoms with Gasteiger partial charge in [0, 0.05) is 12.7 Å². The van der Waals surface area contributed by atoms with Crippen molar-refractivity contribution in [3.63, 3.8) is 0 Å². The van der Waals surface area contributed by atoms with E-state index in [0.717, 1.165) is 23.4 Å². The summed E-state index contributed by atoms with van der Waals surface area (Å²) in [6.45, 7) is 1.63. The van der Waals surface area contributed by atoms with Gasteiger partial charge < -0.3 is 11.1 Å². The Balaban J connectivity index is 1.99. The minimum Gasteiger partial charge on any atom is -0.369 e. The first-order chi connectivity index (χ1) is 7.15. The Bertz CT molecular complexity index is 366. The Morgan fingerprint density at radius 3 is 2.87 bits per heavy atom. The van der Waals surface area contributed by atoms with Crippen LogP contribution < -0.4 is 11.1 Å². The van der Waals surface area contributed by atoms with E-state index in [0.29, 0.717) is 10.4 Å². The highest BCUT2D eigenvalue weighted by atomic mass is 79.9. The molecule has 2 rings (SSSR count). The molecule has 1 aromatic heterocycles. The first-order valence-electron chi connectivity index (χ1n) is 4.90. The van der Waals surface area contributed by atoms with Gasteiger partial charge >= 0.3 is 0 Å². The minimum absolute atomic E-state index is 0.306. The molecule has 0 amide bonds. The maximum atomic E-state index is 5.81. The lowest BCUT2D eigenvalue weighted by Gasteiger charge is -2.14. The van der Waals surface area contributed by atoms with E-state index in [9.17, 15) is 0 Å². The minimum atomic E-state index is 0.306. The van der Waals surface area contributed by atoms with E-state index in [4.69, 9.17) is 17.3 Å². The summed E-state index contributed by atoms with van der Waals surface area (Å²) in [6.07, 6.45) is 4.06. The van der Waals surface area contributed by atoms with Gasteiger partial charge in [0.25, 0.3) is 0 Å². The van der Waals surface area contributed by atoms with E-state index in [1.807, 2.05) is 6.07 Å². The van der Waals surface area contributed by atoms with Crippen molar-refractivity contribution in [3.8, 4) is 0 Å². The molecule has 0 radical (unpaired) electrons. The van der Waals surface area contributed by atoms with Gasteiger partial charge in [-0.2, -0.15) is 0 Å². The average molecular weight is 291 g/mol. The molecule has 0 unspecified atom stereocenters. The number of rotatable bonds is 4. The van der Waals surface area contributed by atoms with Gasteiger partial charge in [0.15, 0.2) is 0 Å². The van der Waals surface area contributed by atoms with Crippen molar-refractivity contribution in [2.24, 2.45) is 11.1 Å². The third-order valence-electron chi connectivity index (χ3n) is 2.83. The van der Waals surface area contributed by atoms with Crippen LogP contribution in [0.4, 0.5) is 5.82 Å². The Kier molecular flexibility index (Phi) is 3.19. The molecule has 0 aliphatic heterocycles. The molecule has 1 aliphatic rings. The smallest absolute Gasteiger partial charge is 0.140 e. The van der Waals surface area contributed by atoms with Crippen molar-refractivity contribution in [1.29, 1.82) is 0 Å². The monoisotopic (exact) mass is 289 g/mol. The molecule has 1 aliphatic carbocycles. The zero-order valence-corrected chi connectivity index (χ0v) is 10.6. The third kappa shape index (κ3) is 2.62. The molecule has 5 heteroatoms. The number of hydrogen-bond donors (Lipinski definition) is 2. The Hall–Kier alpha value is -0.320. The molecule has 0 spiro atoms. The first kappa shape index (κ1) is 11.2. The topological polar surface area (TPSA) is 50.9 Å². The van der Waals surface area contributed by atoms with Gasteiger partial charge in [-0.15, -0.1) is 0 Å². The molecule has 0 atom stereocenters. The van der Waals surface area contributed by atoms with Gasteiger partial charge in [-0.05, 0) is 46.8 Å². The summed E-state index contributed by atoms with van der Waals surface area (Å²) in [4.78, 5) is 4.21. The van der Waals surface area contributed by atoms with Gasteiger partial charge in [0.05, 0.1) is 9.50 Å². The molecule has 1 aromatic rings. The van der Waals surface area contributed by atoms with Crippen LogP contribution in [0.1, 0.15) is 12.8 Å². The molecule has 1 saturated carbocycles. The molecule has 15 heavy (non-hydrogen) atoms. The number of nitrogens with two attached hydrogens (primary N) is 1. The van der Waals surface area contributed by atoms with Crippen molar-refractivity contribution in [3.05, 3.63) is 21.8 Å². The largest absolute Gasteiger partial charge is 0.369 e. The number of pyridine rings is 1. The highest BCUT2D eigenvalue weighted by Crippen LogP contribution is 2.44. The SMILES string of the molecule is NCC1(CNc2ncc(Cl)cc2Br)CC1. The van der Waals surface area contributed by atoms with Crippen molar-refractivity contribution in [1.82, 2.24) is 4.98 Å². The third-order valence-corrected chi connectivity index (χ3v) is 3.64. The summed E-state index contributed by atoms with van der Waals surface area (Å²) in [6, 6.07) is 1.83. The summed E-state index contributed by atoms with van der Waals surface area (Å²) in [5.41, 5.74) is 6.01. The van der Waals surface area contributed by atoms with Crippen molar-refractivity contribution < 1.29 is 0 Å². The lowest BCUT2D eigenvalue weighted by Crippen LogP contribution is -2.24. The molecule has 82 valence electrons. The highest BCUT2D eigenvalue weighted by molar-refractivity contribution is 9.10. The molecular formula is C10H13BrClN3. The summed E-state index contributed by atoms with van der Waals surface area (Å²) in [7, 11) is 0. The second kappa shape index (κ2) is 4.28. The van der Waals surface area contributed by atoms with Gasteiger partial charge in [0.2, 0.25) is 0 Å². The van der Waals surface area contributed by atoms with Gasteiger partial charge in [-0.25, -0.2) is 4.98 Å². The molecule has 3 nitrogen and oxygen atoms in total. The van der Waals surface area contributed by atoms with Crippen molar-refractivity contribution in [2.75, 3.05) is 18.4 Å². The van der Waals surface area contributed by atoms with Gasteiger partial charge in [0.1, 0.15) is 5.82 Å². The van der Waals surface area contributed by atoms with Crippen molar-refractivity contribution >= 4 is 33.3 Å². The number of nitrogens with one attached hydrogen (secondary N) is 1. The Morgan fingerprint density at radius 2 is 2.33 bits per heavy atom. The van der Waals surface area contributed by atoms with E-state index in [1.165, 1.54) is 12.8 Å². The zero-order chi connectivity index (χ0) is 10.9. The molecule has 1 heterocycles. The summed E-state index contributed by atoms with van der Waals surface area (Å²) in [5.74, 6) is 0.833. The fraction of sp³-hybridized carbons (Fsp3) is 0.500. The van der Waals surface area contributed by atoms with E-state index >= 15 is 0 Å². The molecule has 3 N–H and O–H groups in total. The molecule has 1 fully saturated rings. The Morgan fingerprint density at radius 1 is 1.60 bits per heavy atom. The second-order valence-electron chi connectivity index (χ2n) is 4.04. The number of aromatic nitrogens is 1. The molecule has 0 aromatic carbocycles. The number of hydrogen-bond acceptors (Lipinski definition) is 3. The van der Waals surface area contributed by atoms with E-state index in [-0.39, 0.29) is 0 Å². The molecule has 0 bridgehead atoms. The van der Waals surface area contributed by atoms with Crippen molar-refractivity contribution in [2.45, 2.75) is 12.8 Å². The van der Waals surface area contributed by atoms with Crippen LogP contribution in [0.25, 0.3) is 0 Å². The van der Waals surface area contributed by atoms with Crippen LogP contribution in [0.2, 0.25) is 5.02 Å². The second-order valence-corrected chi connectivity index (χ2v) is 5.33. The van der Waals surface area contributed by atoms with Crippen LogP contribution in [0.3, 0.4) is 0 Å². The van der Waals surface area contributed by atoms with Crippen LogP contribution in [0, 0.1) is 5.41 Å². The summed E-state index contributed by atoms with van der Waals surface area (Å²) in [5, 5.41) is 3.93. The van der Waals surface area contributed by atoms with Crippen LogP contribution >= 0.6 is 27.5 Å². The lowest BCUT2D eigenvalue weighted by atomic mass is 10.1. The van der Waals surface area contributed by atoms with E-state index < -0.39 is 0 Å². The summed E-state index contributed by atoms with van der Waals surface area (Å²) < 4.78 is 0.892.